The molecular formula is C12H21N3. The van der Waals surface area contributed by atoms with Crippen molar-refractivity contribution in [1.82, 2.24) is 9.78 Å². The van der Waals surface area contributed by atoms with E-state index in [9.17, 15) is 0 Å². The molecule has 0 amide bonds. The van der Waals surface area contributed by atoms with Crippen molar-refractivity contribution >= 4 is 5.69 Å². The molecule has 0 saturated heterocycles. The number of nitrogens with zero attached hydrogens (tertiary/aromatic N) is 2. The van der Waals surface area contributed by atoms with Crippen LogP contribution in [0.1, 0.15) is 39.5 Å². The Kier molecular flexibility index (Phi) is 3.29. The normalized spacial score (nSPS) is 26.5. The van der Waals surface area contributed by atoms with Gasteiger partial charge in [0, 0.05) is 18.8 Å². The molecule has 0 bridgehead atoms. The molecule has 1 heterocycles. The molecular weight excluding hydrogens is 186 g/mol. The van der Waals surface area contributed by atoms with Crippen molar-refractivity contribution in [2.45, 2.75) is 52.1 Å². The van der Waals surface area contributed by atoms with Crippen molar-refractivity contribution in [1.29, 1.82) is 0 Å². The molecule has 2 rings (SSSR count). The summed E-state index contributed by atoms with van der Waals surface area (Å²) in [4.78, 5) is 0. The zero-order valence-electron chi connectivity index (χ0n) is 9.74. The Morgan fingerprint density at radius 1 is 1.47 bits per heavy atom. The molecule has 0 aromatic carbocycles. The van der Waals surface area contributed by atoms with Gasteiger partial charge in [0.25, 0.3) is 0 Å². The molecule has 1 N–H and O–H groups in total. The molecule has 1 aliphatic carbocycles. The quantitative estimate of drug-likeness (QED) is 0.826. The lowest BCUT2D eigenvalue weighted by atomic mass is 9.86. The predicted molar refractivity (Wildman–Crippen MR) is 62.9 cm³/mol. The summed E-state index contributed by atoms with van der Waals surface area (Å²) < 4.78 is 1.97. The van der Waals surface area contributed by atoms with E-state index in [4.69, 9.17) is 0 Å². The lowest BCUT2D eigenvalue weighted by Gasteiger charge is -2.29. The van der Waals surface area contributed by atoms with Gasteiger partial charge in [0.05, 0.1) is 11.9 Å². The minimum atomic E-state index is 0.647. The van der Waals surface area contributed by atoms with Crippen molar-refractivity contribution < 1.29 is 0 Å². The van der Waals surface area contributed by atoms with Crippen LogP contribution in [0.25, 0.3) is 0 Å². The summed E-state index contributed by atoms with van der Waals surface area (Å²) in [7, 11) is 0. The number of rotatable bonds is 3. The summed E-state index contributed by atoms with van der Waals surface area (Å²) in [6, 6.07) is 0.647. The second kappa shape index (κ2) is 4.69. The van der Waals surface area contributed by atoms with Gasteiger partial charge < -0.3 is 5.32 Å². The largest absolute Gasteiger partial charge is 0.380 e. The Morgan fingerprint density at radius 2 is 2.27 bits per heavy atom. The van der Waals surface area contributed by atoms with Crippen molar-refractivity contribution in [3.63, 3.8) is 0 Å². The van der Waals surface area contributed by atoms with E-state index in [-0.39, 0.29) is 0 Å². The van der Waals surface area contributed by atoms with Crippen LogP contribution in [0.4, 0.5) is 5.69 Å². The first-order chi connectivity index (χ1) is 7.29. The average Bonchev–Trinajstić information content (AvgIpc) is 2.69. The van der Waals surface area contributed by atoms with E-state index in [1.165, 1.54) is 31.4 Å². The highest BCUT2D eigenvalue weighted by Crippen LogP contribution is 2.26. The highest BCUT2D eigenvalue weighted by atomic mass is 15.3. The molecule has 0 radical (unpaired) electrons. The molecule has 0 aliphatic heterocycles. The molecule has 1 fully saturated rings. The lowest BCUT2D eigenvalue weighted by Crippen LogP contribution is -2.30. The first kappa shape index (κ1) is 10.5. The summed E-state index contributed by atoms with van der Waals surface area (Å²) >= 11 is 0. The topological polar surface area (TPSA) is 29.9 Å². The highest BCUT2D eigenvalue weighted by Gasteiger charge is 2.21. The molecule has 3 nitrogen and oxygen atoms in total. The fraction of sp³-hybridized carbons (Fsp3) is 0.750. The fourth-order valence-electron chi connectivity index (χ4n) is 2.36. The number of hydrogen-bond acceptors (Lipinski definition) is 2. The Hall–Kier alpha value is -0.990. The second-order valence-electron chi connectivity index (χ2n) is 4.60. The molecule has 1 aliphatic rings. The van der Waals surface area contributed by atoms with E-state index in [1.807, 2.05) is 10.9 Å². The Balaban J connectivity index is 1.95. The van der Waals surface area contributed by atoms with Crippen LogP contribution < -0.4 is 5.32 Å². The standard InChI is InChI=1S/C12H21N3/c1-3-15-9-11(8-13-15)14-12-7-5-4-6-10(12)2/h8-10,12,14H,3-7H2,1-2H3/t10-,12-/m0/s1. The summed E-state index contributed by atoms with van der Waals surface area (Å²) in [6.45, 7) is 5.41. The van der Waals surface area contributed by atoms with Crippen LogP contribution in [-0.2, 0) is 6.54 Å². The Morgan fingerprint density at radius 3 is 2.93 bits per heavy atom. The molecule has 1 aromatic rings. The first-order valence-corrected chi connectivity index (χ1v) is 6.08. The van der Waals surface area contributed by atoms with Gasteiger partial charge in [0.2, 0.25) is 0 Å². The van der Waals surface area contributed by atoms with Crippen LogP contribution in [0.5, 0.6) is 0 Å². The van der Waals surface area contributed by atoms with E-state index < -0.39 is 0 Å². The Labute approximate surface area is 91.9 Å². The van der Waals surface area contributed by atoms with E-state index in [2.05, 4.69) is 30.5 Å². The lowest BCUT2D eigenvalue weighted by molar-refractivity contribution is 0.349. The minimum Gasteiger partial charge on any atom is -0.380 e. The van der Waals surface area contributed by atoms with Crippen molar-refractivity contribution in [3.05, 3.63) is 12.4 Å². The number of nitrogens with one attached hydrogen (secondary N) is 1. The molecule has 1 aromatic heterocycles. The monoisotopic (exact) mass is 207 g/mol. The maximum absolute atomic E-state index is 4.28. The van der Waals surface area contributed by atoms with E-state index in [0.717, 1.165) is 12.5 Å². The highest BCUT2D eigenvalue weighted by molar-refractivity contribution is 5.39. The molecule has 3 heteroatoms. The summed E-state index contributed by atoms with van der Waals surface area (Å²) in [5.74, 6) is 0.795. The minimum absolute atomic E-state index is 0.647. The molecule has 1 saturated carbocycles. The second-order valence-corrected chi connectivity index (χ2v) is 4.60. The van der Waals surface area contributed by atoms with E-state index in [1.54, 1.807) is 0 Å². The zero-order valence-corrected chi connectivity index (χ0v) is 9.74. The van der Waals surface area contributed by atoms with Gasteiger partial charge in [-0.05, 0) is 25.7 Å². The van der Waals surface area contributed by atoms with Crippen LogP contribution in [0, 0.1) is 5.92 Å². The van der Waals surface area contributed by atoms with Crippen molar-refractivity contribution in [3.8, 4) is 0 Å². The van der Waals surface area contributed by atoms with Crippen LogP contribution in [-0.4, -0.2) is 15.8 Å². The zero-order chi connectivity index (χ0) is 10.7. The summed E-state index contributed by atoms with van der Waals surface area (Å²) in [6.07, 6.45) is 9.46. The van der Waals surface area contributed by atoms with Crippen molar-refractivity contribution in [2.75, 3.05) is 5.32 Å². The maximum atomic E-state index is 4.28. The van der Waals surface area contributed by atoms with E-state index in [0.29, 0.717) is 6.04 Å². The van der Waals surface area contributed by atoms with Crippen LogP contribution in [0.3, 0.4) is 0 Å². The molecule has 84 valence electrons. The first-order valence-electron chi connectivity index (χ1n) is 6.08. The summed E-state index contributed by atoms with van der Waals surface area (Å²) in [5, 5.41) is 7.88. The Bertz CT molecular complexity index is 306. The number of aromatic nitrogens is 2. The average molecular weight is 207 g/mol. The molecule has 0 unspecified atom stereocenters. The molecule has 2 atom stereocenters. The predicted octanol–water partition coefficient (Wildman–Crippen LogP) is 2.89. The van der Waals surface area contributed by atoms with Crippen LogP contribution in [0.2, 0.25) is 0 Å². The van der Waals surface area contributed by atoms with Gasteiger partial charge in [0.15, 0.2) is 0 Å². The third-order valence-corrected chi connectivity index (χ3v) is 3.42. The fourth-order valence-corrected chi connectivity index (χ4v) is 2.36. The number of hydrogen-bond donors (Lipinski definition) is 1. The smallest absolute Gasteiger partial charge is 0.0728 e. The van der Waals surface area contributed by atoms with Gasteiger partial charge in [-0.25, -0.2) is 0 Å². The van der Waals surface area contributed by atoms with Gasteiger partial charge in [-0.15, -0.1) is 0 Å². The van der Waals surface area contributed by atoms with Gasteiger partial charge in [0.1, 0.15) is 0 Å². The SMILES string of the molecule is CCn1cc(N[C@H]2CCCC[C@@H]2C)cn1. The number of anilines is 1. The summed E-state index contributed by atoms with van der Waals surface area (Å²) in [5.41, 5.74) is 1.18. The number of aryl methyl sites for hydroxylation is 1. The van der Waals surface area contributed by atoms with Crippen LogP contribution in [0.15, 0.2) is 12.4 Å². The molecule has 15 heavy (non-hydrogen) atoms. The third-order valence-electron chi connectivity index (χ3n) is 3.42. The van der Waals surface area contributed by atoms with Gasteiger partial charge in [-0.1, -0.05) is 19.8 Å². The van der Waals surface area contributed by atoms with Gasteiger partial charge in [-0.2, -0.15) is 5.10 Å². The van der Waals surface area contributed by atoms with Gasteiger partial charge in [-0.3, -0.25) is 4.68 Å². The molecule has 0 spiro atoms. The van der Waals surface area contributed by atoms with Gasteiger partial charge >= 0.3 is 0 Å². The maximum Gasteiger partial charge on any atom is 0.0728 e. The van der Waals surface area contributed by atoms with Crippen molar-refractivity contribution in [2.24, 2.45) is 5.92 Å². The van der Waals surface area contributed by atoms with Crippen LogP contribution >= 0.6 is 0 Å². The third kappa shape index (κ3) is 2.52. The van der Waals surface area contributed by atoms with E-state index >= 15 is 0 Å².